The molecular weight excluding hydrogens is 330 g/mol. The fourth-order valence-electron chi connectivity index (χ4n) is 3.63. The Bertz CT molecular complexity index is 686. The van der Waals surface area contributed by atoms with Crippen molar-refractivity contribution in [3.05, 3.63) is 108 Å². The van der Waals surface area contributed by atoms with E-state index in [4.69, 9.17) is 14.7 Å². The standard InChI is InChI=1S/C22H23BO3.Li.H/c24-23(25)26-18-10-17-22(19-11-4-1-5-12-19,20-13-6-2-7-14-20)21-15-8-3-9-16-21;;/h1-9,11-16,24-25H,10,17-18H2;;. The second-order valence-electron chi connectivity index (χ2n) is 6.30. The van der Waals surface area contributed by atoms with Crippen LogP contribution in [0.15, 0.2) is 91.0 Å². The molecule has 3 aromatic rings. The first-order valence-electron chi connectivity index (χ1n) is 8.88. The molecule has 0 aromatic heterocycles. The van der Waals surface area contributed by atoms with Gasteiger partial charge in [-0.25, -0.2) is 0 Å². The molecule has 2 N–H and O–H groups in total. The molecule has 0 spiro atoms. The second kappa shape index (κ2) is 10.5. The average Bonchev–Trinajstić information content (AvgIpc) is 2.70. The third-order valence-corrected chi connectivity index (χ3v) is 4.76. The zero-order valence-corrected chi connectivity index (χ0v) is 14.7. The van der Waals surface area contributed by atoms with Crippen LogP contribution in [-0.4, -0.2) is 42.8 Å². The molecule has 134 valence electrons. The first-order valence-corrected chi connectivity index (χ1v) is 8.88. The van der Waals surface area contributed by atoms with Crippen molar-refractivity contribution in [2.75, 3.05) is 6.61 Å². The summed E-state index contributed by atoms with van der Waals surface area (Å²) >= 11 is 0. The summed E-state index contributed by atoms with van der Waals surface area (Å²) in [7, 11) is -1.73. The summed E-state index contributed by atoms with van der Waals surface area (Å²) < 4.78 is 4.96. The molecule has 3 aromatic carbocycles. The van der Waals surface area contributed by atoms with Gasteiger partial charge in [0.1, 0.15) is 0 Å². The summed E-state index contributed by atoms with van der Waals surface area (Å²) in [5.41, 5.74) is 3.30. The van der Waals surface area contributed by atoms with Crippen molar-refractivity contribution in [3.63, 3.8) is 0 Å². The summed E-state index contributed by atoms with van der Waals surface area (Å²) in [6, 6.07) is 31.4. The van der Waals surface area contributed by atoms with Gasteiger partial charge in [-0.05, 0) is 29.5 Å². The predicted molar refractivity (Wildman–Crippen MR) is 112 cm³/mol. The van der Waals surface area contributed by atoms with Crippen LogP contribution in [0.1, 0.15) is 29.5 Å². The van der Waals surface area contributed by atoms with E-state index in [1.807, 2.05) is 18.2 Å². The number of benzene rings is 3. The first kappa shape index (κ1) is 21.5. The van der Waals surface area contributed by atoms with Gasteiger partial charge in [0.25, 0.3) is 0 Å². The van der Waals surface area contributed by atoms with Crippen LogP contribution in [0.3, 0.4) is 0 Å². The zero-order chi connectivity index (χ0) is 18.2. The topological polar surface area (TPSA) is 49.7 Å². The van der Waals surface area contributed by atoms with Crippen molar-refractivity contribution in [3.8, 4) is 0 Å². The minimum atomic E-state index is -1.73. The van der Waals surface area contributed by atoms with E-state index in [1.165, 1.54) is 16.7 Å². The Balaban J connectivity index is 0.00000261. The molecule has 3 nitrogen and oxygen atoms in total. The maximum absolute atomic E-state index is 8.97. The molecule has 0 radical (unpaired) electrons. The summed E-state index contributed by atoms with van der Waals surface area (Å²) in [6.07, 6.45) is 1.48. The van der Waals surface area contributed by atoms with E-state index in [1.54, 1.807) is 0 Å². The van der Waals surface area contributed by atoms with Crippen LogP contribution < -0.4 is 0 Å². The van der Waals surface area contributed by atoms with E-state index in [-0.39, 0.29) is 30.9 Å². The molecule has 0 unspecified atom stereocenters. The average molecular weight is 354 g/mol. The van der Waals surface area contributed by atoms with Gasteiger partial charge >= 0.3 is 26.2 Å². The van der Waals surface area contributed by atoms with E-state index in [2.05, 4.69) is 72.8 Å². The van der Waals surface area contributed by atoms with E-state index in [9.17, 15) is 0 Å². The fraction of sp³-hybridized carbons (Fsp3) is 0.182. The molecule has 5 heteroatoms. The molecule has 27 heavy (non-hydrogen) atoms. The molecule has 0 aliphatic heterocycles. The van der Waals surface area contributed by atoms with Crippen molar-refractivity contribution in [1.29, 1.82) is 0 Å². The molecule has 0 fully saturated rings. The van der Waals surface area contributed by atoms with Crippen LogP contribution in [0.5, 0.6) is 0 Å². The Morgan fingerprint density at radius 3 is 1.37 bits per heavy atom. The Kier molecular flexibility index (Phi) is 8.37. The van der Waals surface area contributed by atoms with Gasteiger partial charge in [-0.15, -0.1) is 0 Å². The quantitative estimate of drug-likeness (QED) is 0.371. The van der Waals surface area contributed by atoms with Gasteiger partial charge in [-0.3, -0.25) is 0 Å². The van der Waals surface area contributed by atoms with Crippen LogP contribution in [0, 0.1) is 0 Å². The predicted octanol–water partition coefficient (Wildman–Crippen LogP) is 3.14. The van der Waals surface area contributed by atoms with Gasteiger partial charge in [0.15, 0.2) is 0 Å². The molecule has 0 aliphatic carbocycles. The van der Waals surface area contributed by atoms with Gasteiger partial charge in [-0.1, -0.05) is 91.0 Å². The van der Waals surface area contributed by atoms with E-state index >= 15 is 0 Å². The Labute approximate surface area is 173 Å². The SMILES string of the molecule is OB(O)OCCCC(c1ccccc1)(c1ccccc1)c1ccccc1.[LiH]. The summed E-state index contributed by atoms with van der Waals surface area (Å²) in [4.78, 5) is 0. The zero-order valence-electron chi connectivity index (χ0n) is 14.7. The Morgan fingerprint density at radius 2 is 1.04 bits per heavy atom. The molecule has 0 saturated carbocycles. The van der Waals surface area contributed by atoms with Crippen LogP contribution in [-0.2, 0) is 10.1 Å². The Hall–Kier alpha value is -1.80. The van der Waals surface area contributed by atoms with Crippen LogP contribution in [0.2, 0.25) is 0 Å². The monoisotopic (exact) mass is 354 g/mol. The molecule has 0 aliphatic rings. The first-order chi connectivity index (χ1) is 12.7. The number of rotatable bonds is 8. The molecule has 0 saturated heterocycles. The summed E-state index contributed by atoms with van der Waals surface area (Å²) in [5, 5.41) is 17.9. The van der Waals surface area contributed by atoms with Crippen LogP contribution in [0.25, 0.3) is 0 Å². The summed E-state index contributed by atoms with van der Waals surface area (Å²) in [6.45, 7) is 0.284. The molecule has 0 bridgehead atoms. The third-order valence-electron chi connectivity index (χ3n) is 4.76. The van der Waals surface area contributed by atoms with Crippen molar-refractivity contribution in [1.82, 2.24) is 0 Å². The fourth-order valence-corrected chi connectivity index (χ4v) is 3.63. The van der Waals surface area contributed by atoms with Crippen LogP contribution in [0.4, 0.5) is 0 Å². The van der Waals surface area contributed by atoms with Gasteiger partial charge in [0.2, 0.25) is 0 Å². The third kappa shape index (κ3) is 5.13. The molecule has 0 amide bonds. The van der Waals surface area contributed by atoms with E-state index in [0.29, 0.717) is 6.42 Å². The van der Waals surface area contributed by atoms with Gasteiger partial charge in [-0.2, -0.15) is 0 Å². The number of hydrogen-bond donors (Lipinski definition) is 2. The van der Waals surface area contributed by atoms with Crippen molar-refractivity contribution < 1.29 is 14.7 Å². The maximum atomic E-state index is 8.97. The van der Waals surface area contributed by atoms with Crippen molar-refractivity contribution in [2.24, 2.45) is 0 Å². The molecule has 3 rings (SSSR count). The van der Waals surface area contributed by atoms with Gasteiger partial charge in [0.05, 0.1) is 0 Å². The van der Waals surface area contributed by atoms with Crippen molar-refractivity contribution >= 4 is 26.2 Å². The minimum absolute atomic E-state index is 0. The van der Waals surface area contributed by atoms with Crippen molar-refractivity contribution in [2.45, 2.75) is 18.3 Å². The van der Waals surface area contributed by atoms with Gasteiger partial charge < -0.3 is 14.7 Å². The van der Waals surface area contributed by atoms with Crippen LogP contribution >= 0.6 is 0 Å². The second-order valence-corrected chi connectivity index (χ2v) is 6.30. The normalized spacial score (nSPS) is 10.9. The van der Waals surface area contributed by atoms with Gasteiger partial charge in [0, 0.05) is 12.0 Å². The molecule has 0 heterocycles. The number of hydrogen-bond acceptors (Lipinski definition) is 3. The molecule has 0 atom stereocenters. The Morgan fingerprint density at radius 1 is 0.667 bits per heavy atom. The van der Waals surface area contributed by atoms with E-state index in [0.717, 1.165) is 6.42 Å². The van der Waals surface area contributed by atoms with E-state index < -0.39 is 7.32 Å². The molecular formula is C22H24BLiO3. The summed E-state index contributed by atoms with van der Waals surface area (Å²) in [5.74, 6) is 0.